The van der Waals surface area contributed by atoms with Gasteiger partial charge in [-0.1, -0.05) is 36.4 Å². The Balaban J connectivity index is 0.00000253. The SMILES string of the molecule is COc1cccc(CN=C([O-])c2nc3ccc(F)c(OCCc4ccc(C(=O)[O-])cc4)c3c(=O)[nH]2)c1.[Na+].[Na+]. The molecule has 0 bridgehead atoms. The molecular weight excluding hydrogens is 515 g/mol. The molecule has 0 radical (unpaired) electrons. The molecule has 0 saturated heterocycles. The van der Waals surface area contributed by atoms with Crippen LogP contribution in [-0.4, -0.2) is 35.6 Å². The van der Waals surface area contributed by atoms with Crippen LogP contribution in [0.3, 0.4) is 0 Å². The zero-order valence-corrected chi connectivity index (χ0v) is 25.1. The van der Waals surface area contributed by atoms with Crippen molar-refractivity contribution < 1.29 is 88.0 Å². The predicted octanol–water partition coefficient (Wildman–Crippen LogP) is -4.63. The molecular formula is C26H20FN3Na2O6. The summed E-state index contributed by atoms with van der Waals surface area (Å²) in [5, 5.41) is 23.3. The Morgan fingerprint density at radius 2 is 1.79 bits per heavy atom. The van der Waals surface area contributed by atoms with Gasteiger partial charge in [-0.05, 0) is 41.0 Å². The van der Waals surface area contributed by atoms with Crippen molar-refractivity contribution in [2.24, 2.45) is 4.99 Å². The number of ether oxygens (including phenoxy) is 2. The molecule has 0 aliphatic heterocycles. The van der Waals surface area contributed by atoms with E-state index in [4.69, 9.17) is 9.47 Å². The van der Waals surface area contributed by atoms with Crippen LogP contribution in [0.4, 0.5) is 4.39 Å². The first-order valence-corrected chi connectivity index (χ1v) is 10.9. The summed E-state index contributed by atoms with van der Waals surface area (Å²) in [5.74, 6) is -2.72. The van der Waals surface area contributed by atoms with Gasteiger partial charge in [0.05, 0.1) is 31.7 Å². The Bertz CT molecular complexity index is 1510. The second-order valence-electron chi connectivity index (χ2n) is 7.74. The number of hydrogen-bond acceptors (Lipinski definition) is 8. The van der Waals surface area contributed by atoms with E-state index in [0.717, 1.165) is 17.2 Å². The van der Waals surface area contributed by atoms with Crippen molar-refractivity contribution in [1.82, 2.24) is 9.97 Å². The number of carboxylic acids is 1. The molecule has 1 aromatic heterocycles. The number of halogens is 1. The van der Waals surface area contributed by atoms with Gasteiger partial charge in [0.25, 0.3) is 5.56 Å². The molecule has 0 aliphatic carbocycles. The number of aromatic carboxylic acids is 1. The maximum atomic E-state index is 14.5. The number of carboxylic acid groups (broad SMARTS) is 1. The minimum Gasteiger partial charge on any atom is -0.856 e. The zero-order valence-electron chi connectivity index (χ0n) is 21.1. The molecule has 38 heavy (non-hydrogen) atoms. The van der Waals surface area contributed by atoms with Crippen LogP contribution in [0, 0.1) is 5.82 Å². The van der Waals surface area contributed by atoms with Gasteiger partial charge in [0.1, 0.15) is 17.0 Å². The first-order chi connectivity index (χ1) is 17.4. The largest absolute Gasteiger partial charge is 1.00 e. The van der Waals surface area contributed by atoms with Crippen LogP contribution < -0.4 is 84.4 Å². The van der Waals surface area contributed by atoms with Crippen LogP contribution in [-0.2, 0) is 13.0 Å². The maximum absolute atomic E-state index is 14.5. The summed E-state index contributed by atoms with van der Waals surface area (Å²) in [5.41, 5.74) is 0.857. The van der Waals surface area contributed by atoms with Gasteiger partial charge >= 0.3 is 59.1 Å². The summed E-state index contributed by atoms with van der Waals surface area (Å²) in [6, 6.07) is 15.4. The third-order valence-electron chi connectivity index (χ3n) is 5.35. The summed E-state index contributed by atoms with van der Waals surface area (Å²) in [4.78, 5) is 34.1. The van der Waals surface area contributed by atoms with E-state index in [9.17, 15) is 24.2 Å². The third-order valence-corrected chi connectivity index (χ3v) is 5.35. The topological polar surface area (TPSA) is 140 Å². The van der Waals surface area contributed by atoms with Crippen molar-refractivity contribution >= 4 is 22.8 Å². The van der Waals surface area contributed by atoms with Crippen LogP contribution in [0.2, 0.25) is 0 Å². The van der Waals surface area contributed by atoms with Gasteiger partial charge in [0.2, 0.25) is 0 Å². The van der Waals surface area contributed by atoms with Gasteiger partial charge in [-0.3, -0.25) is 9.79 Å². The number of aromatic amines is 1. The van der Waals surface area contributed by atoms with Gasteiger partial charge in [-0.2, -0.15) is 0 Å². The molecule has 1 heterocycles. The van der Waals surface area contributed by atoms with Gasteiger partial charge < -0.3 is 29.5 Å². The number of nitrogens with one attached hydrogen (secondary N) is 1. The summed E-state index contributed by atoms with van der Waals surface area (Å²) in [6.07, 6.45) is 0.328. The smallest absolute Gasteiger partial charge is 0.856 e. The monoisotopic (exact) mass is 535 g/mol. The van der Waals surface area contributed by atoms with Crippen LogP contribution >= 0.6 is 0 Å². The molecule has 0 saturated carbocycles. The number of aromatic nitrogens is 2. The van der Waals surface area contributed by atoms with Crippen molar-refractivity contribution in [3.05, 3.63) is 99.3 Å². The average molecular weight is 535 g/mol. The first-order valence-electron chi connectivity index (χ1n) is 10.9. The van der Waals surface area contributed by atoms with Crippen LogP contribution in [0.5, 0.6) is 11.5 Å². The second-order valence-corrected chi connectivity index (χ2v) is 7.74. The molecule has 0 unspecified atom stereocenters. The molecule has 4 aromatic rings. The van der Waals surface area contributed by atoms with E-state index in [2.05, 4.69) is 15.0 Å². The molecule has 12 heteroatoms. The molecule has 0 spiro atoms. The van der Waals surface area contributed by atoms with Crippen molar-refractivity contribution in [2.45, 2.75) is 13.0 Å². The molecule has 3 aromatic carbocycles. The van der Waals surface area contributed by atoms with Gasteiger partial charge in [0.15, 0.2) is 11.6 Å². The Labute approximate surface area is 261 Å². The number of methoxy groups -OCH3 is 1. The maximum Gasteiger partial charge on any atom is 1.00 e. The number of fused-ring (bicyclic) bond motifs is 1. The number of rotatable bonds is 9. The fraction of sp³-hybridized carbons (Fsp3) is 0.154. The fourth-order valence-electron chi connectivity index (χ4n) is 3.51. The summed E-state index contributed by atoms with van der Waals surface area (Å²) >= 11 is 0. The van der Waals surface area contributed by atoms with Crippen molar-refractivity contribution in [3.8, 4) is 11.5 Å². The molecule has 9 nitrogen and oxygen atoms in total. The van der Waals surface area contributed by atoms with E-state index < -0.39 is 23.2 Å². The predicted molar refractivity (Wildman–Crippen MR) is 126 cm³/mol. The molecule has 0 atom stereocenters. The van der Waals surface area contributed by atoms with E-state index in [1.807, 2.05) is 0 Å². The Morgan fingerprint density at radius 3 is 2.47 bits per heavy atom. The van der Waals surface area contributed by atoms with Gasteiger partial charge in [-0.15, -0.1) is 0 Å². The van der Waals surface area contributed by atoms with E-state index in [1.165, 1.54) is 25.3 Å². The van der Waals surface area contributed by atoms with Crippen molar-refractivity contribution in [3.63, 3.8) is 0 Å². The Hall–Kier alpha value is -2.73. The summed E-state index contributed by atoms with van der Waals surface area (Å²) in [7, 11) is 1.53. The summed E-state index contributed by atoms with van der Waals surface area (Å²) in [6.45, 7) is 0.0657. The zero-order chi connectivity index (χ0) is 25.7. The molecule has 0 fully saturated rings. The number of benzene rings is 3. The number of carbonyl (C=O) groups excluding carboxylic acids is 1. The fourth-order valence-corrected chi connectivity index (χ4v) is 3.51. The third kappa shape index (κ3) is 7.66. The summed E-state index contributed by atoms with van der Waals surface area (Å²) < 4.78 is 25.2. The van der Waals surface area contributed by atoms with Gasteiger partial charge in [-0.25, -0.2) is 9.37 Å². The average Bonchev–Trinajstić information content (AvgIpc) is 2.88. The van der Waals surface area contributed by atoms with Crippen LogP contribution in [0.1, 0.15) is 27.3 Å². The number of carbonyl (C=O) groups is 1. The minimum atomic E-state index is -1.28. The Morgan fingerprint density at radius 1 is 1.05 bits per heavy atom. The molecule has 4 rings (SSSR count). The van der Waals surface area contributed by atoms with E-state index in [0.29, 0.717) is 12.2 Å². The quantitative estimate of drug-likeness (QED) is 0.129. The standard InChI is InChI=1S/C26H22FN3O6.2Na/c1-35-18-4-2-3-16(13-18)14-28-25(32)23-29-20-10-9-19(27)22(21(20)24(31)30-23)36-12-11-15-5-7-17(8-6-15)26(33)34;;/h2-10,13H,11-12,14H2,1H3,(H,28,32)(H,33,34)(H,29,30,31);;/q;2*+1/p-2. The number of nitrogens with zero attached hydrogens (tertiary/aromatic N) is 2. The minimum absolute atomic E-state index is 0. The van der Waals surface area contributed by atoms with Crippen LogP contribution in [0.25, 0.3) is 10.9 Å². The number of aliphatic imine (C=N–C) groups is 1. The second kappa shape index (κ2) is 14.4. The number of hydrogen-bond donors (Lipinski definition) is 1. The Kier molecular flexibility index (Phi) is 12.0. The molecule has 0 amide bonds. The first kappa shape index (κ1) is 31.5. The van der Waals surface area contributed by atoms with Crippen molar-refractivity contribution in [2.75, 3.05) is 13.7 Å². The van der Waals surface area contributed by atoms with E-state index in [-0.39, 0.29) is 100 Å². The normalized spacial score (nSPS) is 10.8. The van der Waals surface area contributed by atoms with E-state index >= 15 is 0 Å². The van der Waals surface area contributed by atoms with E-state index in [1.54, 1.807) is 36.4 Å². The molecule has 0 aliphatic rings. The van der Waals surface area contributed by atoms with Gasteiger partial charge in [0, 0.05) is 12.3 Å². The number of H-pyrrole nitrogens is 1. The van der Waals surface area contributed by atoms with Crippen molar-refractivity contribution in [1.29, 1.82) is 0 Å². The molecule has 1 N–H and O–H groups in total. The molecule has 184 valence electrons. The van der Waals surface area contributed by atoms with Crippen LogP contribution in [0.15, 0.2) is 70.5 Å².